The molecule has 3 atom stereocenters. The minimum atomic E-state index is -4.51. The van der Waals surface area contributed by atoms with E-state index in [2.05, 4.69) is 38.2 Å². The lowest BCUT2D eigenvalue weighted by molar-refractivity contribution is -0.154. The average molecular weight is 761 g/mol. The Labute approximate surface area is 319 Å². The molecule has 0 aliphatic carbocycles. The van der Waals surface area contributed by atoms with Crippen molar-refractivity contribution in [1.29, 1.82) is 0 Å². The van der Waals surface area contributed by atoms with E-state index in [-0.39, 0.29) is 19.6 Å². The first-order valence-corrected chi connectivity index (χ1v) is 22.8. The zero-order valence-electron chi connectivity index (χ0n) is 33.5. The summed E-state index contributed by atoms with van der Waals surface area (Å²) >= 11 is 0. The van der Waals surface area contributed by atoms with Crippen LogP contribution in [0.15, 0.2) is 24.3 Å². The van der Waals surface area contributed by atoms with Gasteiger partial charge in [-0.25, -0.2) is 4.57 Å². The van der Waals surface area contributed by atoms with Gasteiger partial charge in [-0.15, -0.1) is 0 Å². The summed E-state index contributed by atoms with van der Waals surface area (Å²) in [6, 6.07) is 0. The molecule has 0 aromatic rings. The van der Waals surface area contributed by atoms with Crippen LogP contribution < -0.4 is 0 Å². The molecule has 3 unspecified atom stereocenters. The van der Waals surface area contributed by atoms with Gasteiger partial charge in [0.25, 0.3) is 0 Å². The molecule has 0 aliphatic rings. The number of carbonyl (C=O) groups is 1. The second kappa shape index (κ2) is 39.6. The van der Waals surface area contributed by atoms with Gasteiger partial charge in [-0.1, -0.05) is 167 Å². The molecule has 0 amide bonds. The second-order valence-electron chi connectivity index (χ2n) is 14.4. The quantitative estimate of drug-likeness (QED) is 0.0241. The van der Waals surface area contributed by atoms with E-state index < -0.39 is 39.2 Å². The smallest absolute Gasteiger partial charge is 0.457 e. The van der Waals surface area contributed by atoms with Crippen molar-refractivity contribution in [1.82, 2.24) is 0 Å². The third-order valence-electron chi connectivity index (χ3n) is 9.14. The topological polar surface area (TPSA) is 132 Å². The van der Waals surface area contributed by atoms with Gasteiger partial charge in [0.2, 0.25) is 0 Å². The molecule has 0 aromatic heterocycles. The van der Waals surface area contributed by atoms with E-state index in [9.17, 15) is 19.4 Å². The Balaban J connectivity index is 4.18. The fourth-order valence-electron chi connectivity index (χ4n) is 5.86. The average Bonchev–Trinajstić information content (AvgIpc) is 3.13. The summed E-state index contributed by atoms with van der Waals surface area (Å²) in [6.07, 6.45) is 39.9. The Bertz CT molecular complexity index is 866. The summed E-state index contributed by atoms with van der Waals surface area (Å²) in [4.78, 5) is 22.5. The van der Waals surface area contributed by atoms with Gasteiger partial charge in [-0.05, 0) is 44.9 Å². The lowest BCUT2D eigenvalue weighted by Gasteiger charge is -2.20. The molecule has 3 N–H and O–H groups in total. The van der Waals surface area contributed by atoms with E-state index in [1.165, 1.54) is 116 Å². The number of hydrogen-bond acceptors (Lipinski definition) is 8. The predicted molar refractivity (Wildman–Crippen MR) is 214 cm³/mol. The van der Waals surface area contributed by atoms with Gasteiger partial charge >= 0.3 is 13.8 Å². The van der Waals surface area contributed by atoms with Crippen molar-refractivity contribution in [2.24, 2.45) is 0 Å². The molecule has 308 valence electrons. The highest BCUT2D eigenvalue weighted by Gasteiger charge is 2.26. The summed E-state index contributed by atoms with van der Waals surface area (Å²) in [5.74, 6) is -0.394. The number of unbranched alkanes of at least 4 members (excludes halogenated alkanes) is 23. The Morgan fingerprint density at radius 2 is 1.04 bits per heavy atom. The van der Waals surface area contributed by atoms with Crippen molar-refractivity contribution >= 4 is 13.8 Å². The standard InChI is InChI=1S/C42H81O9P/c1-3-5-7-9-11-13-15-17-19-21-23-25-27-29-31-33-35-48-38-41(39-50-52(46,47)49-37-40(44)36-43)51-42(45)34-32-30-28-26-24-22-20-18-16-14-12-10-8-6-4-2/h12,14,18,20,40-41,43-44H,3-11,13,15-17,19,21-39H2,1-2H3,(H,46,47)/b14-12-,20-18-. The number of aliphatic hydroxyl groups excluding tert-OH is 2. The van der Waals surface area contributed by atoms with Crippen LogP contribution in [-0.4, -0.2) is 66.3 Å². The number of esters is 1. The van der Waals surface area contributed by atoms with Gasteiger partial charge in [0.15, 0.2) is 0 Å². The molecule has 10 heteroatoms. The summed E-state index contributed by atoms with van der Waals surface area (Å²) in [7, 11) is -4.51. The molecular formula is C42H81O9P. The number of carbonyl (C=O) groups excluding carboxylic acids is 1. The molecule has 52 heavy (non-hydrogen) atoms. The zero-order chi connectivity index (χ0) is 38.2. The van der Waals surface area contributed by atoms with Crippen molar-refractivity contribution < 1.29 is 43.0 Å². The molecule has 0 aliphatic heterocycles. The molecule has 0 aromatic carbocycles. The molecule has 0 saturated heterocycles. The van der Waals surface area contributed by atoms with Crippen molar-refractivity contribution in [3.63, 3.8) is 0 Å². The van der Waals surface area contributed by atoms with E-state index in [1.807, 2.05) is 0 Å². The molecule has 0 spiro atoms. The summed E-state index contributed by atoms with van der Waals surface area (Å²) in [6.45, 7) is 3.50. The van der Waals surface area contributed by atoms with Crippen LogP contribution in [0.25, 0.3) is 0 Å². The normalized spacial score (nSPS) is 14.3. The first-order valence-electron chi connectivity index (χ1n) is 21.3. The highest BCUT2D eigenvalue weighted by atomic mass is 31.2. The van der Waals surface area contributed by atoms with Gasteiger partial charge < -0.3 is 24.6 Å². The lowest BCUT2D eigenvalue weighted by Crippen LogP contribution is -2.29. The van der Waals surface area contributed by atoms with E-state index in [1.54, 1.807) is 0 Å². The molecule has 0 rings (SSSR count). The molecule has 0 bridgehead atoms. The van der Waals surface area contributed by atoms with E-state index in [0.29, 0.717) is 13.0 Å². The van der Waals surface area contributed by atoms with Crippen molar-refractivity contribution in [3.05, 3.63) is 24.3 Å². The van der Waals surface area contributed by atoms with Crippen LogP contribution in [0.3, 0.4) is 0 Å². The summed E-state index contributed by atoms with van der Waals surface area (Å²) < 4.78 is 33.3. The van der Waals surface area contributed by atoms with Crippen LogP contribution in [0.5, 0.6) is 0 Å². The van der Waals surface area contributed by atoms with Gasteiger partial charge in [-0.2, -0.15) is 0 Å². The second-order valence-corrected chi connectivity index (χ2v) is 15.8. The predicted octanol–water partition coefficient (Wildman–Crippen LogP) is 11.5. The van der Waals surface area contributed by atoms with Gasteiger partial charge in [0.05, 0.1) is 26.4 Å². The Morgan fingerprint density at radius 3 is 1.58 bits per heavy atom. The maximum Gasteiger partial charge on any atom is 0.472 e. The number of phosphoric ester groups is 1. The summed E-state index contributed by atoms with van der Waals surface area (Å²) in [5.41, 5.74) is 0. The van der Waals surface area contributed by atoms with E-state index >= 15 is 0 Å². The number of ether oxygens (including phenoxy) is 2. The van der Waals surface area contributed by atoms with Crippen molar-refractivity contribution in [2.45, 2.75) is 206 Å². The first-order chi connectivity index (χ1) is 25.3. The first kappa shape index (κ1) is 50.9. The molecular weight excluding hydrogens is 679 g/mol. The van der Waals surface area contributed by atoms with Gasteiger partial charge in [0.1, 0.15) is 12.2 Å². The zero-order valence-corrected chi connectivity index (χ0v) is 34.4. The largest absolute Gasteiger partial charge is 0.472 e. The van der Waals surface area contributed by atoms with Crippen molar-refractivity contribution in [2.75, 3.05) is 33.0 Å². The Hall–Kier alpha value is -1.06. The van der Waals surface area contributed by atoms with Crippen LogP contribution in [0.4, 0.5) is 0 Å². The van der Waals surface area contributed by atoms with Gasteiger partial charge in [0, 0.05) is 13.0 Å². The lowest BCUT2D eigenvalue weighted by atomic mass is 10.0. The highest BCUT2D eigenvalue weighted by Crippen LogP contribution is 2.43. The van der Waals surface area contributed by atoms with Crippen LogP contribution in [-0.2, 0) is 27.9 Å². The number of rotatable bonds is 41. The van der Waals surface area contributed by atoms with E-state index in [0.717, 1.165) is 51.4 Å². The number of aliphatic hydroxyl groups is 2. The van der Waals surface area contributed by atoms with Gasteiger partial charge in [-0.3, -0.25) is 13.8 Å². The Morgan fingerprint density at radius 1 is 0.596 bits per heavy atom. The number of phosphoric acid groups is 1. The fourth-order valence-corrected chi connectivity index (χ4v) is 6.65. The summed E-state index contributed by atoms with van der Waals surface area (Å²) in [5, 5.41) is 18.3. The minimum absolute atomic E-state index is 0.0475. The molecule has 0 saturated carbocycles. The van der Waals surface area contributed by atoms with Crippen LogP contribution in [0, 0.1) is 0 Å². The monoisotopic (exact) mass is 761 g/mol. The van der Waals surface area contributed by atoms with Crippen LogP contribution >= 0.6 is 7.82 Å². The minimum Gasteiger partial charge on any atom is -0.457 e. The molecule has 9 nitrogen and oxygen atoms in total. The number of allylic oxidation sites excluding steroid dienone is 4. The maximum atomic E-state index is 12.6. The molecule has 0 heterocycles. The van der Waals surface area contributed by atoms with E-state index in [4.69, 9.17) is 23.6 Å². The third kappa shape index (κ3) is 38.7. The molecule has 0 radical (unpaired) electrons. The molecule has 0 fully saturated rings. The van der Waals surface area contributed by atoms with Crippen molar-refractivity contribution in [3.8, 4) is 0 Å². The third-order valence-corrected chi connectivity index (χ3v) is 10.1. The van der Waals surface area contributed by atoms with Crippen LogP contribution in [0.1, 0.15) is 194 Å². The van der Waals surface area contributed by atoms with Crippen LogP contribution in [0.2, 0.25) is 0 Å². The fraction of sp³-hybridized carbons (Fsp3) is 0.881. The SMILES string of the molecule is CCCCC/C=C\C/C=C\CCCCCCCC(=O)OC(COCCCCCCCCCCCCCCCCCC)COP(=O)(O)OCC(O)CO. The maximum absolute atomic E-state index is 12.6. The highest BCUT2D eigenvalue weighted by molar-refractivity contribution is 7.47. The number of hydrogen-bond donors (Lipinski definition) is 3. The Kier molecular flexibility index (Phi) is 38.8.